The van der Waals surface area contributed by atoms with E-state index in [9.17, 15) is 13.6 Å². The number of nitriles is 1. The van der Waals surface area contributed by atoms with Gasteiger partial charge in [0.15, 0.2) is 6.61 Å². The Labute approximate surface area is 156 Å². The minimum atomic E-state index is -0.905. The molecule has 8 heteroatoms. The summed E-state index contributed by atoms with van der Waals surface area (Å²) >= 11 is 5.77. The van der Waals surface area contributed by atoms with Crippen LogP contribution in [0.3, 0.4) is 0 Å². The molecule has 1 amide bonds. The van der Waals surface area contributed by atoms with Crippen LogP contribution < -0.4 is 4.74 Å². The Kier molecular flexibility index (Phi) is 6.92. The molecule has 0 aromatic heterocycles. The van der Waals surface area contributed by atoms with Gasteiger partial charge in [-0.2, -0.15) is 5.26 Å². The number of ether oxygens (including phenoxy) is 1. The van der Waals surface area contributed by atoms with Crippen molar-refractivity contribution in [2.45, 2.75) is 11.8 Å². The van der Waals surface area contributed by atoms with Crippen LogP contribution in [0.4, 0.5) is 8.78 Å². The van der Waals surface area contributed by atoms with Crippen LogP contribution in [0.5, 0.6) is 5.75 Å². The molecule has 22 heavy (non-hydrogen) atoms. The van der Waals surface area contributed by atoms with Crippen LogP contribution in [0.1, 0.15) is 12.0 Å². The van der Waals surface area contributed by atoms with Gasteiger partial charge in [0.25, 0.3) is 0 Å². The molecule has 1 unspecified atom stereocenters. The number of carbonyl (C=O) groups excluding carboxylic acids is 1. The van der Waals surface area contributed by atoms with Gasteiger partial charge in [-0.25, -0.2) is 14.9 Å². The van der Waals surface area contributed by atoms with Crippen LogP contribution in [-0.4, -0.2) is 29.8 Å². The van der Waals surface area contributed by atoms with Crippen molar-refractivity contribution in [1.29, 1.82) is 5.26 Å². The molecular formula is C14H10ClF2N2O2Y-. The molecule has 0 saturated carbocycles. The number of carbonyl (C=O) groups is 1. The number of hydrogen-bond acceptors (Lipinski definition) is 3. The molecule has 0 spiro atoms. The predicted molar refractivity (Wildman–Crippen MR) is 71.1 cm³/mol. The van der Waals surface area contributed by atoms with Crippen molar-refractivity contribution < 1.29 is 51.0 Å². The van der Waals surface area contributed by atoms with E-state index < -0.39 is 22.9 Å². The number of amides is 1. The van der Waals surface area contributed by atoms with Crippen LogP contribution in [0.25, 0.3) is 5.70 Å². The molecule has 0 fully saturated rings. The minimum absolute atomic E-state index is 0. The summed E-state index contributed by atoms with van der Waals surface area (Å²) in [6.07, 6.45) is 2.80. The molecule has 113 valence electrons. The Bertz CT molecular complexity index is 638. The Morgan fingerprint density at radius 1 is 1.50 bits per heavy atom. The van der Waals surface area contributed by atoms with Gasteiger partial charge in [-0.15, -0.1) is 17.3 Å². The standard InChI is InChI=1S/C14H10ClF2N2O2.Y/c1-19-12(3-2-9(15)14(19)20)13-10(16)6-8(7-11(13)17)21-5-4-18;/h6-7,9H,2,5H2,1H3;/q-1;. The fourth-order valence-corrected chi connectivity index (χ4v) is 2.17. The van der Waals surface area contributed by atoms with Gasteiger partial charge in [-0.1, -0.05) is 12.0 Å². The molecule has 1 aromatic rings. The summed E-state index contributed by atoms with van der Waals surface area (Å²) in [6.45, 7) is -0.320. The van der Waals surface area contributed by atoms with E-state index in [1.54, 1.807) is 6.07 Å². The van der Waals surface area contributed by atoms with Crippen LogP contribution in [0.15, 0.2) is 12.1 Å². The average Bonchev–Trinajstić information content (AvgIpc) is 2.44. The van der Waals surface area contributed by atoms with E-state index in [0.717, 1.165) is 17.0 Å². The number of nitrogens with zero attached hydrogens (tertiary/aromatic N) is 2. The Balaban J connectivity index is 0.00000242. The second kappa shape index (κ2) is 8.00. The first kappa shape index (κ1) is 19.0. The normalized spacial score (nSPS) is 17.4. The number of hydrogen-bond donors (Lipinski definition) is 0. The minimum Gasteiger partial charge on any atom is -0.479 e. The molecule has 2 rings (SSSR count). The second-order valence-corrected chi connectivity index (χ2v) is 4.83. The van der Waals surface area contributed by atoms with E-state index in [2.05, 4.69) is 6.08 Å². The molecule has 0 bridgehead atoms. The van der Waals surface area contributed by atoms with E-state index in [4.69, 9.17) is 21.6 Å². The zero-order valence-electron chi connectivity index (χ0n) is 11.6. The molecule has 4 nitrogen and oxygen atoms in total. The molecule has 1 aromatic carbocycles. The molecule has 1 heterocycles. The third kappa shape index (κ3) is 3.84. The number of rotatable bonds is 3. The predicted octanol–water partition coefficient (Wildman–Crippen LogP) is 2.48. The summed E-state index contributed by atoms with van der Waals surface area (Å²) in [4.78, 5) is 12.8. The average molecular weight is 401 g/mol. The van der Waals surface area contributed by atoms with Crippen LogP contribution in [-0.2, 0) is 37.5 Å². The van der Waals surface area contributed by atoms with Gasteiger partial charge in [-0.05, 0) is 12.1 Å². The largest absolute Gasteiger partial charge is 0.479 e. The zero-order chi connectivity index (χ0) is 15.6. The van der Waals surface area contributed by atoms with Gasteiger partial charge in [-0.3, -0.25) is 4.79 Å². The van der Waals surface area contributed by atoms with Gasteiger partial charge in [0, 0.05) is 39.8 Å². The van der Waals surface area contributed by atoms with E-state index in [-0.39, 0.29) is 62.7 Å². The summed E-state index contributed by atoms with van der Waals surface area (Å²) in [5, 5.41) is 7.59. The molecule has 0 saturated heterocycles. The SMILES string of the molecule is CN1C(=O)C(Cl)C[C-]=C1c1c(F)cc(OCC#N)cc1F.[Y]. The third-order valence-corrected chi connectivity index (χ3v) is 3.28. The number of alkyl halides is 1. The van der Waals surface area contributed by atoms with E-state index in [1.165, 1.54) is 7.05 Å². The van der Waals surface area contributed by atoms with E-state index in [1.807, 2.05) is 0 Å². The molecule has 1 aliphatic heterocycles. The van der Waals surface area contributed by atoms with Crippen LogP contribution in [0.2, 0.25) is 0 Å². The Morgan fingerprint density at radius 2 is 2.09 bits per heavy atom. The topological polar surface area (TPSA) is 53.3 Å². The van der Waals surface area contributed by atoms with Crippen molar-refractivity contribution in [1.82, 2.24) is 4.90 Å². The fraction of sp³-hybridized carbons (Fsp3) is 0.286. The maximum atomic E-state index is 14.1. The molecule has 1 aliphatic rings. The quantitative estimate of drug-likeness (QED) is 0.579. The molecule has 0 aliphatic carbocycles. The second-order valence-electron chi connectivity index (χ2n) is 4.30. The monoisotopic (exact) mass is 400 g/mol. The Morgan fingerprint density at radius 3 is 2.64 bits per heavy atom. The summed E-state index contributed by atoms with van der Waals surface area (Å²) < 4.78 is 33.0. The maximum absolute atomic E-state index is 14.1. The summed E-state index contributed by atoms with van der Waals surface area (Å²) in [5.74, 6) is -2.36. The fourth-order valence-electron chi connectivity index (χ4n) is 1.94. The van der Waals surface area contributed by atoms with Crippen molar-refractivity contribution in [2.75, 3.05) is 13.7 Å². The van der Waals surface area contributed by atoms with Crippen molar-refractivity contribution in [2.24, 2.45) is 0 Å². The van der Waals surface area contributed by atoms with E-state index >= 15 is 0 Å². The maximum Gasteiger partial charge on any atom is 0.240 e. The van der Waals surface area contributed by atoms with Crippen LogP contribution in [0, 0.1) is 29.0 Å². The third-order valence-electron chi connectivity index (χ3n) is 2.94. The van der Waals surface area contributed by atoms with Crippen molar-refractivity contribution in [3.8, 4) is 11.8 Å². The number of allylic oxidation sites excluding steroid dienone is 1. The number of benzene rings is 1. The molecule has 1 atom stereocenters. The molecule has 1 radical (unpaired) electrons. The van der Waals surface area contributed by atoms with Gasteiger partial charge < -0.3 is 9.64 Å². The van der Waals surface area contributed by atoms with Gasteiger partial charge in [0.2, 0.25) is 5.91 Å². The van der Waals surface area contributed by atoms with Gasteiger partial charge in [0.05, 0.1) is 11.6 Å². The Hall–Kier alpha value is -1.03. The first-order valence-corrected chi connectivity index (χ1v) is 6.41. The molecule has 0 N–H and O–H groups in total. The van der Waals surface area contributed by atoms with Crippen molar-refractivity contribution in [3.63, 3.8) is 0 Å². The summed E-state index contributed by atoms with van der Waals surface area (Å²) in [5.41, 5.74) is -0.377. The number of halogens is 3. The van der Waals surface area contributed by atoms with E-state index in [0.29, 0.717) is 0 Å². The van der Waals surface area contributed by atoms with Crippen LogP contribution >= 0.6 is 11.6 Å². The van der Waals surface area contributed by atoms with Gasteiger partial charge >= 0.3 is 0 Å². The van der Waals surface area contributed by atoms with Crippen molar-refractivity contribution in [3.05, 3.63) is 35.4 Å². The smallest absolute Gasteiger partial charge is 0.240 e. The molecular weight excluding hydrogens is 391 g/mol. The van der Waals surface area contributed by atoms with Gasteiger partial charge in [0.1, 0.15) is 17.2 Å². The first-order chi connectivity index (χ1) is 9.95. The first-order valence-electron chi connectivity index (χ1n) is 5.97. The van der Waals surface area contributed by atoms with Crippen molar-refractivity contribution >= 4 is 23.2 Å². The zero-order valence-corrected chi connectivity index (χ0v) is 15.2. The summed E-state index contributed by atoms with van der Waals surface area (Å²) in [7, 11) is 1.37. The summed E-state index contributed by atoms with van der Waals surface area (Å²) in [6, 6.07) is 3.61.